The van der Waals surface area contributed by atoms with Gasteiger partial charge in [0.2, 0.25) is 0 Å². The highest BCUT2D eigenvalue weighted by Crippen LogP contribution is 2.32. The molecule has 1 fully saturated rings. The van der Waals surface area contributed by atoms with Crippen LogP contribution < -0.4 is 0 Å². The molecule has 0 saturated heterocycles. The van der Waals surface area contributed by atoms with Gasteiger partial charge >= 0.3 is 0 Å². The number of aliphatic hydroxyl groups is 1. The lowest BCUT2D eigenvalue weighted by Crippen LogP contribution is -1.99. The van der Waals surface area contributed by atoms with Gasteiger partial charge in [-0.3, -0.25) is 4.40 Å². The van der Waals surface area contributed by atoms with Crippen LogP contribution in [0.2, 0.25) is 0 Å². The second-order valence-electron chi connectivity index (χ2n) is 4.58. The van der Waals surface area contributed by atoms with Crippen molar-refractivity contribution in [1.82, 2.24) is 14.6 Å². The molecule has 2 aromatic rings. The van der Waals surface area contributed by atoms with E-state index in [1.165, 1.54) is 12.8 Å². The first-order valence-corrected chi connectivity index (χ1v) is 5.72. The fourth-order valence-electron chi connectivity index (χ4n) is 2.06. The predicted octanol–water partition coefficient (Wildman–Crippen LogP) is 1.48. The maximum Gasteiger partial charge on any atom is 0.164 e. The van der Waals surface area contributed by atoms with Crippen molar-refractivity contribution in [3.63, 3.8) is 0 Å². The molecule has 4 heteroatoms. The zero-order chi connectivity index (χ0) is 11.1. The molecule has 1 aliphatic carbocycles. The zero-order valence-corrected chi connectivity index (χ0v) is 9.35. The molecule has 3 rings (SSSR count). The summed E-state index contributed by atoms with van der Waals surface area (Å²) in [6.45, 7) is 2.05. The summed E-state index contributed by atoms with van der Waals surface area (Å²) in [5.41, 5.74) is 2.83. The fraction of sp³-hybridized carbons (Fsp3) is 0.500. The number of fused-ring (bicyclic) bond motifs is 1. The second-order valence-corrected chi connectivity index (χ2v) is 4.58. The molecule has 1 aliphatic rings. The molecule has 2 heterocycles. The van der Waals surface area contributed by atoms with E-state index in [0.717, 1.165) is 34.9 Å². The molecule has 84 valence electrons. The van der Waals surface area contributed by atoms with Gasteiger partial charge in [-0.2, -0.15) is 0 Å². The predicted molar refractivity (Wildman–Crippen MR) is 60.1 cm³/mol. The van der Waals surface area contributed by atoms with E-state index in [2.05, 4.69) is 10.2 Å². The number of nitrogens with zero attached hydrogens (tertiary/aromatic N) is 3. The Morgan fingerprint density at radius 3 is 2.94 bits per heavy atom. The first kappa shape index (κ1) is 9.78. The van der Waals surface area contributed by atoms with Crippen molar-refractivity contribution in [2.45, 2.75) is 32.8 Å². The summed E-state index contributed by atoms with van der Waals surface area (Å²) in [6.07, 6.45) is 5.63. The molecular formula is C12H15N3O. The molecule has 0 spiro atoms. The molecule has 0 atom stereocenters. The number of pyridine rings is 1. The fourth-order valence-corrected chi connectivity index (χ4v) is 2.06. The van der Waals surface area contributed by atoms with Crippen molar-refractivity contribution in [1.29, 1.82) is 0 Å². The summed E-state index contributed by atoms with van der Waals surface area (Å²) >= 11 is 0. The molecule has 1 N–H and O–H groups in total. The molecule has 0 unspecified atom stereocenters. The number of aromatic nitrogens is 3. The lowest BCUT2D eigenvalue weighted by atomic mass is 10.1. The summed E-state index contributed by atoms with van der Waals surface area (Å²) in [6, 6.07) is 1.95. The average molecular weight is 217 g/mol. The highest BCUT2D eigenvalue weighted by molar-refractivity contribution is 5.50. The third-order valence-electron chi connectivity index (χ3n) is 3.35. The van der Waals surface area contributed by atoms with Crippen LogP contribution in [0, 0.1) is 12.8 Å². The Morgan fingerprint density at radius 1 is 1.44 bits per heavy atom. The Bertz CT molecular complexity index is 528. The van der Waals surface area contributed by atoms with Gasteiger partial charge < -0.3 is 5.11 Å². The molecule has 0 aromatic carbocycles. The van der Waals surface area contributed by atoms with E-state index in [4.69, 9.17) is 0 Å². The smallest absolute Gasteiger partial charge is 0.164 e. The summed E-state index contributed by atoms with van der Waals surface area (Å²) in [5.74, 6) is 1.86. The van der Waals surface area contributed by atoms with Crippen molar-refractivity contribution in [2.75, 3.05) is 0 Å². The maximum atomic E-state index is 9.18. The van der Waals surface area contributed by atoms with E-state index in [1.807, 2.05) is 23.6 Å². The maximum absolute atomic E-state index is 9.18. The van der Waals surface area contributed by atoms with Gasteiger partial charge in [0.25, 0.3) is 0 Å². The molecule has 1 saturated carbocycles. The second kappa shape index (κ2) is 3.56. The minimum atomic E-state index is 0.0627. The molecule has 16 heavy (non-hydrogen) atoms. The molecule has 0 amide bonds. The van der Waals surface area contributed by atoms with Gasteiger partial charge in [-0.25, -0.2) is 0 Å². The van der Waals surface area contributed by atoms with Crippen molar-refractivity contribution >= 4 is 5.65 Å². The van der Waals surface area contributed by atoms with Crippen LogP contribution in [-0.4, -0.2) is 19.7 Å². The van der Waals surface area contributed by atoms with Crippen LogP contribution in [-0.2, 0) is 13.0 Å². The SMILES string of the molecule is Cc1c(CO)ccn2c(CC3CC3)nnc12. The van der Waals surface area contributed by atoms with E-state index in [9.17, 15) is 5.11 Å². The normalized spacial score (nSPS) is 15.9. The highest BCUT2D eigenvalue weighted by atomic mass is 16.3. The van der Waals surface area contributed by atoms with E-state index in [1.54, 1.807) is 0 Å². The van der Waals surface area contributed by atoms with Crippen LogP contribution in [0.4, 0.5) is 0 Å². The number of aliphatic hydroxyl groups excluding tert-OH is 1. The van der Waals surface area contributed by atoms with Crippen molar-refractivity contribution in [3.05, 3.63) is 29.2 Å². The van der Waals surface area contributed by atoms with Gasteiger partial charge in [-0.05, 0) is 42.9 Å². The number of hydrogen-bond donors (Lipinski definition) is 1. The van der Waals surface area contributed by atoms with E-state index in [-0.39, 0.29) is 6.61 Å². The molecule has 2 aromatic heterocycles. The summed E-state index contributed by atoms with van der Waals surface area (Å²) < 4.78 is 2.05. The third-order valence-corrected chi connectivity index (χ3v) is 3.35. The van der Waals surface area contributed by atoms with Gasteiger partial charge in [-0.15, -0.1) is 10.2 Å². The van der Waals surface area contributed by atoms with Crippen LogP contribution in [0.5, 0.6) is 0 Å². The Morgan fingerprint density at radius 2 is 2.25 bits per heavy atom. The monoisotopic (exact) mass is 217 g/mol. The Kier molecular flexibility index (Phi) is 2.17. The zero-order valence-electron chi connectivity index (χ0n) is 9.35. The standard InChI is InChI=1S/C12H15N3O/c1-8-10(7-16)4-5-15-11(6-9-2-3-9)13-14-12(8)15/h4-5,9,16H,2-3,6-7H2,1H3. The Balaban J connectivity index is 2.09. The van der Waals surface area contributed by atoms with Crippen LogP contribution in [0.15, 0.2) is 12.3 Å². The lowest BCUT2D eigenvalue weighted by molar-refractivity contribution is 0.281. The minimum absolute atomic E-state index is 0.0627. The van der Waals surface area contributed by atoms with E-state index < -0.39 is 0 Å². The number of hydrogen-bond acceptors (Lipinski definition) is 3. The molecule has 0 radical (unpaired) electrons. The van der Waals surface area contributed by atoms with Crippen LogP contribution in [0.25, 0.3) is 5.65 Å². The number of rotatable bonds is 3. The largest absolute Gasteiger partial charge is 0.392 e. The van der Waals surface area contributed by atoms with Crippen LogP contribution in [0.1, 0.15) is 29.8 Å². The molecular weight excluding hydrogens is 202 g/mol. The quantitative estimate of drug-likeness (QED) is 0.847. The van der Waals surface area contributed by atoms with Gasteiger partial charge in [-0.1, -0.05) is 0 Å². The number of aryl methyl sites for hydroxylation is 1. The summed E-state index contributed by atoms with van der Waals surface area (Å²) in [7, 11) is 0. The lowest BCUT2D eigenvalue weighted by Gasteiger charge is -2.04. The van der Waals surface area contributed by atoms with Gasteiger partial charge in [0.05, 0.1) is 6.61 Å². The van der Waals surface area contributed by atoms with Gasteiger partial charge in [0.15, 0.2) is 5.65 Å². The third kappa shape index (κ3) is 1.50. The summed E-state index contributed by atoms with van der Waals surface area (Å²) in [4.78, 5) is 0. The molecule has 0 bridgehead atoms. The van der Waals surface area contributed by atoms with Crippen molar-refractivity contribution in [2.24, 2.45) is 5.92 Å². The molecule has 0 aliphatic heterocycles. The average Bonchev–Trinajstić information content (AvgIpc) is 3.00. The van der Waals surface area contributed by atoms with E-state index in [0.29, 0.717) is 0 Å². The van der Waals surface area contributed by atoms with Crippen LogP contribution in [0.3, 0.4) is 0 Å². The van der Waals surface area contributed by atoms with Gasteiger partial charge in [0, 0.05) is 12.6 Å². The highest BCUT2D eigenvalue weighted by Gasteiger charge is 2.24. The minimum Gasteiger partial charge on any atom is -0.392 e. The first-order valence-electron chi connectivity index (χ1n) is 5.72. The van der Waals surface area contributed by atoms with Gasteiger partial charge in [0.1, 0.15) is 5.82 Å². The van der Waals surface area contributed by atoms with Crippen molar-refractivity contribution < 1.29 is 5.11 Å². The Labute approximate surface area is 93.9 Å². The van der Waals surface area contributed by atoms with E-state index >= 15 is 0 Å². The first-order chi connectivity index (χ1) is 7.79. The molecule has 4 nitrogen and oxygen atoms in total. The topological polar surface area (TPSA) is 50.4 Å². The van der Waals surface area contributed by atoms with Crippen LogP contribution >= 0.6 is 0 Å². The Hall–Kier alpha value is -1.42. The summed E-state index contributed by atoms with van der Waals surface area (Å²) in [5, 5.41) is 17.6. The van der Waals surface area contributed by atoms with Crippen molar-refractivity contribution in [3.8, 4) is 0 Å².